The van der Waals surface area contributed by atoms with Crippen LogP contribution in [0.5, 0.6) is 0 Å². The molecule has 1 aliphatic heterocycles. The van der Waals surface area contributed by atoms with Crippen molar-refractivity contribution in [1.29, 1.82) is 0 Å². The molecule has 5 unspecified atom stereocenters. The number of aliphatic carboxylic acids is 1. The van der Waals surface area contributed by atoms with Crippen LogP contribution in [-0.2, 0) is 34.0 Å². The monoisotopic (exact) mass is 459 g/mol. The van der Waals surface area contributed by atoms with Crippen LogP contribution in [0.25, 0.3) is 0 Å². The van der Waals surface area contributed by atoms with E-state index in [9.17, 15) is 37.3 Å². The molecular weight excluding hydrogens is 434 g/mol. The Morgan fingerprint density at radius 1 is 1.29 bits per heavy atom. The average molecular weight is 459 g/mol. The normalized spacial score (nSPS) is 35.0. The van der Waals surface area contributed by atoms with Crippen molar-refractivity contribution in [2.75, 3.05) is 6.73 Å². The minimum Gasteiger partial charge on any atom is -0.478 e. The predicted molar refractivity (Wildman–Crippen MR) is 103 cm³/mol. The van der Waals surface area contributed by atoms with Gasteiger partial charge in [-0.1, -0.05) is 19.9 Å². The van der Waals surface area contributed by atoms with Gasteiger partial charge < -0.3 is 14.9 Å². The number of amides is 2. The molecule has 0 aromatic heterocycles. The average Bonchev–Trinajstić information content (AvgIpc) is 3.09. The highest BCUT2D eigenvalue weighted by molar-refractivity contribution is 7.88. The summed E-state index contributed by atoms with van der Waals surface area (Å²) in [4.78, 5) is 49.6. The summed E-state index contributed by atoms with van der Waals surface area (Å²) in [7, 11) is -5.04. The fourth-order valence-corrected chi connectivity index (χ4v) is 6.14. The van der Waals surface area contributed by atoms with Crippen molar-refractivity contribution < 1.29 is 47.1 Å². The lowest BCUT2D eigenvalue weighted by Gasteiger charge is -2.35. The van der Waals surface area contributed by atoms with Gasteiger partial charge in [-0.05, 0) is 37.5 Å². The number of carboxylic acid groups (broad SMARTS) is 1. The van der Waals surface area contributed by atoms with E-state index in [1.807, 2.05) is 0 Å². The molecule has 11 nitrogen and oxygen atoms in total. The molecule has 2 saturated carbocycles. The zero-order chi connectivity index (χ0) is 23.5. The molecule has 12 heteroatoms. The fourth-order valence-electron chi connectivity index (χ4n) is 4.83. The summed E-state index contributed by atoms with van der Waals surface area (Å²) in [5.74, 6) is -6.97. The number of fused-ring (bicyclic) bond motifs is 1. The predicted octanol–water partition coefficient (Wildman–Crippen LogP) is -0.0534. The molecule has 31 heavy (non-hydrogen) atoms. The van der Waals surface area contributed by atoms with Crippen LogP contribution < -0.4 is 0 Å². The third kappa shape index (κ3) is 3.46. The quantitative estimate of drug-likeness (QED) is 0.211. The van der Waals surface area contributed by atoms with Gasteiger partial charge in [-0.3, -0.25) is 18.9 Å². The Balaban J connectivity index is 1.78. The minimum atomic E-state index is -5.04. The lowest BCUT2D eigenvalue weighted by atomic mass is 9.78. The first-order chi connectivity index (χ1) is 14.2. The first-order valence-electron chi connectivity index (χ1n) is 9.77. The Morgan fingerprint density at radius 2 is 1.90 bits per heavy atom. The number of ether oxygens (including phenoxy) is 1. The van der Waals surface area contributed by atoms with Gasteiger partial charge in [0.15, 0.2) is 11.5 Å². The third-order valence-electron chi connectivity index (χ3n) is 6.80. The molecular formula is C19H25NO10S. The maximum Gasteiger partial charge on any atom is 0.330 e. The second kappa shape index (κ2) is 7.38. The lowest BCUT2D eigenvalue weighted by molar-refractivity contribution is -0.158. The van der Waals surface area contributed by atoms with Crippen molar-refractivity contribution in [3.8, 4) is 0 Å². The summed E-state index contributed by atoms with van der Waals surface area (Å²) < 4.78 is 36.5. The van der Waals surface area contributed by atoms with E-state index in [1.165, 1.54) is 13.0 Å². The molecule has 3 fully saturated rings. The van der Waals surface area contributed by atoms with E-state index in [4.69, 9.17) is 9.84 Å². The second-order valence-corrected chi connectivity index (χ2v) is 10.6. The van der Waals surface area contributed by atoms with Gasteiger partial charge >= 0.3 is 11.9 Å². The molecule has 0 bridgehead atoms. The Morgan fingerprint density at radius 3 is 2.42 bits per heavy atom. The summed E-state index contributed by atoms with van der Waals surface area (Å²) >= 11 is 0. The van der Waals surface area contributed by atoms with Crippen LogP contribution in [0.3, 0.4) is 0 Å². The number of carbonyl (C=O) groups excluding carboxylic acids is 3. The molecule has 0 aromatic rings. The van der Waals surface area contributed by atoms with Crippen LogP contribution in [0.2, 0.25) is 0 Å². The zero-order valence-electron chi connectivity index (χ0n) is 17.3. The second-order valence-electron chi connectivity index (χ2n) is 8.95. The van der Waals surface area contributed by atoms with Crippen molar-refractivity contribution in [1.82, 2.24) is 4.90 Å². The summed E-state index contributed by atoms with van der Waals surface area (Å²) in [5.41, 5.74) is -0.543. The van der Waals surface area contributed by atoms with Gasteiger partial charge in [0.05, 0.1) is 17.9 Å². The molecule has 172 valence electrons. The van der Waals surface area contributed by atoms with Gasteiger partial charge in [-0.15, -0.1) is 0 Å². The molecule has 3 rings (SSSR count). The van der Waals surface area contributed by atoms with Crippen LogP contribution in [-0.4, -0.2) is 69.4 Å². The summed E-state index contributed by atoms with van der Waals surface area (Å²) in [6.07, 6.45) is -0.138. The number of hydrogen-bond acceptors (Lipinski definition) is 8. The molecule has 0 spiro atoms. The standard InChI is InChI=1S/C19H25NO10S/c1-9(15(23)24)7-10-12(18(10,2)3)16(25)30-8-20-14(22)13-11(21)5-4-6-19(13,17(20)26)31(27,28)29/h7,10-13,21H,4-6,8H2,1-3H3,(H,23,24)(H,27,28,29)/b9-7+. The Hall–Kier alpha value is -2.31. The summed E-state index contributed by atoms with van der Waals surface area (Å²) in [6, 6.07) is 0. The van der Waals surface area contributed by atoms with Crippen molar-refractivity contribution >= 4 is 33.9 Å². The molecule has 5 atom stereocenters. The Kier molecular flexibility index (Phi) is 5.56. The molecule has 1 saturated heterocycles. The van der Waals surface area contributed by atoms with Gasteiger partial charge in [-0.25, -0.2) is 9.69 Å². The van der Waals surface area contributed by atoms with E-state index in [0.717, 1.165) is 0 Å². The first kappa shape index (κ1) is 23.4. The van der Waals surface area contributed by atoms with Crippen LogP contribution >= 0.6 is 0 Å². The van der Waals surface area contributed by atoms with Gasteiger partial charge in [0.25, 0.3) is 16.0 Å². The molecule has 1 heterocycles. The largest absolute Gasteiger partial charge is 0.478 e. The van der Waals surface area contributed by atoms with E-state index in [-0.39, 0.29) is 24.8 Å². The maximum absolute atomic E-state index is 12.9. The number of imide groups is 1. The number of aliphatic hydroxyl groups excluding tert-OH is 1. The van der Waals surface area contributed by atoms with Crippen molar-refractivity contribution in [2.45, 2.75) is 50.9 Å². The van der Waals surface area contributed by atoms with Crippen LogP contribution in [0.15, 0.2) is 11.6 Å². The lowest BCUT2D eigenvalue weighted by Crippen LogP contribution is -2.55. The topological polar surface area (TPSA) is 176 Å². The highest BCUT2D eigenvalue weighted by atomic mass is 32.2. The zero-order valence-corrected chi connectivity index (χ0v) is 18.1. The summed E-state index contributed by atoms with van der Waals surface area (Å²) in [5, 5.41) is 19.2. The van der Waals surface area contributed by atoms with E-state index in [1.54, 1.807) is 13.8 Å². The van der Waals surface area contributed by atoms with Gasteiger partial charge in [0.2, 0.25) is 5.91 Å². The van der Waals surface area contributed by atoms with Crippen LogP contribution in [0.4, 0.5) is 0 Å². The molecule has 2 aliphatic carbocycles. The van der Waals surface area contributed by atoms with E-state index < -0.39 is 74.6 Å². The Labute approximate surface area is 178 Å². The van der Waals surface area contributed by atoms with Gasteiger partial charge in [-0.2, -0.15) is 8.42 Å². The number of likely N-dealkylation sites (tertiary alicyclic amines) is 1. The SMILES string of the molecule is C/C(=C\C1C(C(=O)OCN2C(=O)C3C(O)CCCC3(S(=O)(=O)O)C2=O)C1(C)C)C(=O)O. The molecule has 3 aliphatic rings. The van der Waals surface area contributed by atoms with E-state index in [0.29, 0.717) is 4.90 Å². The number of allylic oxidation sites excluding steroid dienone is 1. The van der Waals surface area contributed by atoms with Crippen LogP contribution in [0.1, 0.15) is 40.0 Å². The summed E-state index contributed by atoms with van der Waals surface area (Å²) in [6.45, 7) is 4.00. The number of nitrogens with zero attached hydrogens (tertiary/aromatic N) is 1. The smallest absolute Gasteiger partial charge is 0.330 e. The highest BCUT2D eigenvalue weighted by Gasteiger charge is 2.70. The third-order valence-corrected chi connectivity index (χ3v) is 8.36. The van der Waals surface area contributed by atoms with Gasteiger partial charge in [0, 0.05) is 5.57 Å². The Bertz CT molecular complexity index is 984. The van der Waals surface area contributed by atoms with E-state index in [2.05, 4.69) is 0 Å². The fraction of sp³-hybridized carbons (Fsp3) is 0.684. The van der Waals surface area contributed by atoms with E-state index >= 15 is 0 Å². The highest BCUT2D eigenvalue weighted by Crippen LogP contribution is 2.60. The molecule has 2 amide bonds. The number of hydrogen-bond donors (Lipinski definition) is 3. The molecule has 3 N–H and O–H groups in total. The number of carboxylic acids is 1. The minimum absolute atomic E-state index is 0.0615. The number of rotatable bonds is 6. The number of aliphatic hydroxyl groups is 1. The molecule has 0 radical (unpaired) electrons. The number of esters is 1. The van der Waals surface area contributed by atoms with Crippen molar-refractivity contribution in [3.05, 3.63) is 11.6 Å². The van der Waals surface area contributed by atoms with Crippen molar-refractivity contribution in [2.24, 2.45) is 23.2 Å². The van der Waals surface area contributed by atoms with Crippen molar-refractivity contribution in [3.63, 3.8) is 0 Å². The maximum atomic E-state index is 12.9. The first-order valence-corrected chi connectivity index (χ1v) is 11.2. The molecule has 0 aromatic carbocycles. The number of carbonyl (C=O) groups is 4. The van der Waals surface area contributed by atoms with Crippen LogP contribution in [0, 0.1) is 23.2 Å². The van der Waals surface area contributed by atoms with Gasteiger partial charge in [0.1, 0.15) is 0 Å².